The van der Waals surface area contributed by atoms with Gasteiger partial charge >= 0.3 is 0 Å². The fraction of sp³-hybridized carbons (Fsp3) is 0.194. The van der Waals surface area contributed by atoms with Gasteiger partial charge in [0.25, 0.3) is 0 Å². The molecule has 0 amide bonds. The minimum atomic E-state index is -1.01. The van der Waals surface area contributed by atoms with E-state index in [0.29, 0.717) is 11.7 Å². The largest absolute Gasteiger partial charge is 0.438 e. The number of pyridine rings is 1. The van der Waals surface area contributed by atoms with Crippen molar-refractivity contribution in [3.8, 4) is 11.5 Å². The van der Waals surface area contributed by atoms with Crippen molar-refractivity contribution in [3.05, 3.63) is 107 Å². The average molecular weight is 515 g/mol. The van der Waals surface area contributed by atoms with E-state index >= 15 is 0 Å². The van der Waals surface area contributed by atoms with Gasteiger partial charge in [-0.15, -0.1) is 0 Å². The molecule has 0 radical (unpaired) electrons. The van der Waals surface area contributed by atoms with Crippen LogP contribution in [0.1, 0.15) is 26.5 Å². The molecule has 2 atom stereocenters. The number of aromatic amines is 1. The summed E-state index contributed by atoms with van der Waals surface area (Å²) >= 11 is 0. The highest BCUT2D eigenvalue weighted by atomic mass is 16.4. The third-order valence-corrected chi connectivity index (χ3v) is 7.56. The molecule has 0 aliphatic carbocycles. The Morgan fingerprint density at radius 1 is 0.923 bits per heavy atom. The topological polar surface area (TPSA) is 109 Å². The summed E-state index contributed by atoms with van der Waals surface area (Å²) in [7, 11) is 0. The quantitative estimate of drug-likeness (QED) is 0.546. The zero-order valence-corrected chi connectivity index (χ0v) is 21.8. The van der Waals surface area contributed by atoms with E-state index in [9.17, 15) is 4.79 Å². The Morgan fingerprint density at radius 2 is 1.74 bits per heavy atom. The number of carbonyl (C=O) groups excluding carboxylic acids is 1. The molecule has 0 aromatic carbocycles. The number of aliphatic imine (C=N–C) groups is 2. The highest BCUT2D eigenvalue weighted by molar-refractivity contribution is 6.20. The summed E-state index contributed by atoms with van der Waals surface area (Å²) in [6.07, 6.45) is 20.8. The lowest BCUT2D eigenvalue weighted by Gasteiger charge is -2.23. The summed E-state index contributed by atoms with van der Waals surface area (Å²) in [6.45, 7) is 5.76. The number of allylic oxidation sites excluding steroid dienone is 4. The van der Waals surface area contributed by atoms with Crippen LogP contribution in [0.3, 0.4) is 0 Å². The minimum absolute atomic E-state index is 0.0502. The highest BCUT2D eigenvalue weighted by Gasteiger charge is 2.52. The summed E-state index contributed by atoms with van der Waals surface area (Å²) in [6, 6.07) is 7.75. The second kappa shape index (κ2) is 8.07. The maximum absolute atomic E-state index is 13.8. The van der Waals surface area contributed by atoms with Crippen LogP contribution in [0.4, 0.5) is 0 Å². The first-order chi connectivity index (χ1) is 18.7. The normalized spacial score (nSPS) is 26.3. The molecule has 8 nitrogen and oxygen atoms in total. The number of Topliss-reactive ketones (excluding diaryl/α,β-unsaturated/α-hetero) is 1. The lowest BCUT2D eigenvalue weighted by atomic mass is 9.79. The van der Waals surface area contributed by atoms with Crippen molar-refractivity contribution < 1.29 is 9.21 Å². The van der Waals surface area contributed by atoms with Crippen LogP contribution in [0.15, 0.2) is 105 Å². The van der Waals surface area contributed by atoms with Crippen LogP contribution in [0.2, 0.25) is 0 Å². The molecule has 8 heteroatoms. The fourth-order valence-electron chi connectivity index (χ4n) is 5.52. The lowest BCUT2D eigenvalue weighted by Crippen LogP contribution is -2.41. The van der Waals surface area contributed by atoms with Crippen LogP contribution < -0.4 is 16.0 Å². The molecule has 7 rings (SSSR count). The molecule has 1 fully saturated rings. The standard InChI is InChI=1S/C31H26N6O2/c1-29(2)25-16-31(26-18-33-27(39-26)19-5-4-12-32-17-19)11-10-23(36-31)14-22-7-6-20(34-22)13-21-8-9-24(35-21)15-30(3,37-25)28(29)38/h4-18,34,37H,1-3H3. The molecule has 2 N–H and O–H groups in total. The second-order valence-corrected chi connectivity index (χ2v) is 10.9. The van der Waals surface area contributed by atoms with E-state index in [4.69, 9.17) is 14.4 Å². The molecule has 1 saturated heterocycles. The van der Waals surface area contributed by atoms with Gasteiger partial charge in [0.15, 0.2) is 17.1 Å². The zero-order valence-electron chi connectivity index (χ0n) is 21.8. The van der Waals surface area contributed by atoms with Gasteiger partial charge in [0.2, 0.25) is 5.89 Å². The van der Waals surface area contributed by atoms with Crippen LogP contribution in [0.25, 0.3) is 23.6 Å². The minimum Gasteiger partial charge on any atom is -0.438 e. The summed E-state index contributed by atoms with van der Waals surface area (Å²) in [5, 5.41) is 5.35. The predicted molar refractivity (Wildman–Crippen MR) is 150 cm³/mol. The molecule has 39 heavy (non-hydrogen) atoms. The van der Waals surface area contributed by atoms with Crippen molar-refractivity contribution in [2.45, 2.75) is 31.8 Å². The Bertz CT molecular complexity index is 1850. The average Bonchev–Trinajstić information content (AvgIpc) is 3.73. The first-order valence-corrected chi connectivity index (χ1v) is 12.8. The van der Waals surface area contributed by atoms with Gasteiger partial charge in [-0.05, 0) is 93.6 Å². The lowest BCUT2D eigenvalue weighted by molar-refractivity contribution is -0.126. The third-order valence-electron chi connectivity index (χ3n) is 7.56. The van der Waals surface area contributed by atoms with Gasteiger partial charge in [-0.25, -0.2) is 9.98 Å². The SMILES string of the molecule is CC12C=C3C=CC(=N3)C=c3ccc([nH]3)=CC3=NC(c4cnc(-c5cccnc5)o4)(C=C3)C=C(N1)C(C)(C)C2=O. The molecule has 2 unspecified atom stereocenters. The number of nitrogens with one attached hydrogen (secondary N) is 2. The smallest absolute Gasteiger partial charge is 0.227 e. The van der Waals surface area contributed by atoms with Crippen LogP contribution in [0.5, 0.6) is 0 Å². The molecule has 3 aromatic rings. The Hall–Kier alpha value is -4.85. The second-order valence-electron chi connectivity index (χ2n) is 10.9. The molecular formula is C31H26N6O2. The van der Waals surface area contributed by atoms with Crippen LogP contribution in [-0.2, 0) is 10.3 Å². The molecule has 4 aliphatic heterocycles. The maximum Gasteiger partial charge on any atom is 0.227 e. The van der Waals surface area contributed by atoms with E-state index in [2.05, 4.69) is 20.3 Å². The summed E-state index contributed by atoms with van der Waals surface area (Å²) in [5.74, 6) is 1.05. The number of oxazole rings is 1. The number of hydrogen-bond acceptors (Lipinski definition) is 7. The van der Waals surface area contributed by atoms with Crippen molar-refractivity contribution in [1.29, 1.82) is 0 Å². The van der Waals surface area contributed by atoms with E-state index < -0.39 is 16.5 Å². The van der Waals surface area contributed by atoms with Gasteiger partial charge < -0.3 is 14.7 Å². The van der Waals surface area contributed by atoms with E-state index in [1.54, 1.807) is 18.6 Å². The van der Waals surface area contributed by atoms with E-state index in [1.807, 2.05) is 93.6 Å². The molecule has 0 spiro atoms. The molecule has 4 aliphatic rings. The van der Waals surface area contributed by atoms with Crippen molar-refractivity contribution in [2.24, 2.45) is 15.4 Å². The molecule has 0 saturated carbocycles. The monoisotopic (exact) mass is 514 g/mol. The van der Waals surface area contributed by atoms with Gasteiger partial charge in [-0.1, -0.05) is 0 Å². The predicted octanol–water partition coefficient (Wildman–Crippen LogP) is 3.28. The van der Waals surface area contributed by atoms with Crippen molar-refractivity contribution in [3.63, 3.8) is 0 Å². The molecule has 3 aromatic heterocycles. The fourth-order valence-corrected chi connectivity index (χ4v) is 5.52. The number of fused-ring (bicyclic) bond motifs is 6. The van der Waals surface area contributed by atoms with Crippen molar-refractivity contribution in [2.75, 3.05) is 0 Å². The summed E-state index contributed by atoms with van der Waals surface area (Å²) in [5.41, 5.74) is 1.09. The number of H-pyrrole nitrogens is 1. The number of hydrogen-bond donors (Lipinski definition) is 2. The van der Waals surface area contributed by atoms with Gasteiger partial charge in [0, 0.05) is 28.8 Å². The first-order valence-electron chi connectivity index (χ1n) is 12.8. The number of rotatable bonds is 2. The van der Waals surface area contributed by atoms with Gasteiger partial charge in [-0.2, -0.15) is 0 Å². The Labute approximate surface area is 224 Å². The number of aromatic nitrogens is 3. The Kier molecular flexibility index (Phi) is 4.82. The number of nitrogens with zero attached hydrogens (tertiary/aromatic N) is 4. The van der Waals surface area contributed by atoms with Gasteiger partial charge in [-0.3, -0.25) is 14.8 Å². The first kappa shape index (κ1) is 23.3. The molecule has 192 valence electrons. The third kappa shape index (κ3) is 3.79. The number of carbonyl (C=O) groups is 1. The Balaban J connectivity index is 1.45. The van der Waals surface area contributed by atoms with E-state index in [0.717, 1.165) is 39.1 Å². The molecule has 7 heterocycles. The van der Waals surface area contributed by atoms with Crippen LogP contribution in [-0.4, -0.2) is 37.7 Å². The van der Waals surface area contributed by atoms with Gasteiger partial charge in [0.05, 0.1) is 34.3 Å². The van der Waals surface area contributed by atoms with Gasteiger partial charge in [0.1, 0.15) is 5.54 Å². The Morgan fingerprint density at radius 3 is 2.54 bits per heavy atom. The molecular weight excluding hydrogens is 488 g/mol. The summed E-state index contributed by atoms with van der Waals surface area (Å²) in [4.78, 5) is 35.8. The van der Waals surface area contributed by atoms with Crippen LogP contribution in [0, 0.1) is 5.41 Å². The van der Waals surface area contributed by atoms with Crippen LogP contribution >= 0.6 is 0 Å². The highest BCUT2D eigenvalue weighted by Crippen LogP contribution is 2.44. The van der Waals surface area contributed by atoms with E-state index in [-0.39, 0.29) is 5.78 Å². The van der Waals surface area contributed by atoms with Crippen molar-refractivity contribution in [1.82, 2.24) is 20.3 Å². The summed E-state index contributed by atoms with van der Waals surface area (Å²) < 4.78 is 6.30. The molecule has 8 bridgehead atoms. The van der Waals surface area contributed by atoms with Crippen molar-refractivity contribution >= 4 is 29.4 Å². The van der Waals surface area contributed by atoms with E-state index in [1.165, 1.54) is 0 Å². The number of ketones is 1. The zero-order chi connectivity index (χ0) is 26.8. The maximum atomic E-state index is 13.8.